The van der Waals surface area contributed by atoms with E-state index in [9.17, 15) is 5.11 Å². The van der Waals surface area contributed by atoms with Crippen molar-refractivity contribution in [1.82, 2.24) is 10.6 Å². The third-order valence-electron chi connectivity index (χ3n) is 4.41. The van der Waals surface area contributed by atoms with E-state index < -0.39 is 5.60 Å². The van der Waals surface area contributed by atoms with Gasteiger partial charge in [-0.1, -0.05) is 6.07 Å². The number of ether oxygens (including phenoxy) is 3. The number of nitrogens with zero attached hydrogens (tertiary/aromatic N) is 1. The molecule has 0 aliphatic carbocycles. The summed E-state index contributed by atoms with van der Waals surface area (Å²) in [6, 6.07) is 7.29. The van der Waals surface area contributed by atoms with Crippen LogP contribution < -0.4 is 24.8 Å². The first-order valence-electron chi connectivity index (χ1n) is 9.53. The molecule has 0 amide bonds. The third-order valence-corrected chi connectivity index (χ3v) is 4.41. The van der Waals surface area contributed by atoms with Gasteiger partial charge in [0.05, 0.1) is 34.1 Å². The minimum atomic E-state index is -1.18. The fraction of sp³-hybridized carbons (Fsp3) is 0.476. The number of furan rings is 1. The summed E-state index contributed by atoms with van der Waals surface area (Å²) in [5, 5.41) is 17.0. The predicted octanol–water partition coefficient (Wildman–Crippen LogP) is 2.31. The molecule has 1 heterocycles. The van der Waals surface area contributed by atoms with Crippen molar-refractivity contribution in [3.8, 4) is 17.2 Å². The largest absolute Gasteiger partial charge is 0.493 e. The molecule has 0 saturated carbocycles. The molecule has 3 N–H and O–H groups in total. The average Bonchev–Trinajstić information content (AvgIpc) is 3.27. The Morgan fingerprint density at radius 2 is 1.86 bits per heavy atom. The smallest absolute Gasteiger partial charge is 0.203 e. The van der Waals surface area contributed by atoms with Gasteiger partial charge in [0.1, 0.15) is 11.4 Å². The van der Waals surface area contributed by atoms with Gasteiger partial charge in [-0.2, -0.15) is 0 Å². The number of methoxy groups -OCH3 is 3. The minimum Gasteiger partial charge on any atom is -0.493 e. The summed E-state index contributed by atoms with van der Waals surface area (Å²) in [7, 11) is 4.79. The number of aliphatic hydroxyl groups is 1. The van der Waals surface area contributed by atoms with E-state index in [0.29, 0.717) is 48.5 Å². The molecule has 0 radical (unpaired) electrons. The number of benzene rings is 1. The van der Waals surface area contributed by atoms with E-state index in [4.69, 9.17) is 18.6 Å². The first-order valence-corrected chi connectivity index (χ1v) is 9.53. The monoisotopic (exact) mass is 405 g/mol. The van der Waals surface area contributed by atoms with Gasteiger partial charge in [-0.3, -0.25) is 0 Å². The van der Waals surface area contributed by atoms with Crippen LogP contribution in [0, 0.1) is 0 Å². The van der Waals surface area contributed by atoms with Gasteiger partial charge in [0.15, 0.2) is 17.5 Å². The van der Waals surface area contributed by atoms with E-state index in [2.05, 4.69) is 15.6 Å². The van der Waals surface area contributed by atoms with Crippen molar-refractivity contribution in [1.29, 1.82) is 0 Å². The van der Waals surface area contributed by atoms with Crippen molar-refractivity contribution >= 4 is 5.96 Å². The van der Waals surface area contributed by atoms with Crippen LogP contribution in [0.5, 0.6) is 17.2 Å². The Bertz CT molecular complexity index is 788. The Labute approximate surface area is 171 Å². The summed E-state index contributed by atoms with van der Waals surface area (Å²) in [4.78, 5) is 4.48. The standard InChI is InChI=1S/C21H31N3O5/c1-6-22-20(24-14-21(2,25)17-8-7-13-29-17)23-12-11-15-9-10-16(26-3)19(28-5)18(15)27-4/h7-10,13,25H,6,11-12,14H2,1-5H3,(H2,22,23,24). The average molecular weight is 405 g/mol. The highest BCUT2D eigenvalue weighted by molar-refractivity contribution is 5.79. The highest BCUT2D eigenvalue weighted by Gasteiger charge is 2.26. The van der Waals surface area contributed by atoms with Gasteiger partial charge in [-0.25, -0.2) is 4.99 Å². The molecule has 160 valence electrons. The van der Waals surface area contributed by atoms with Crippen molar-refractivity contribution in [2.24, 2.45) is 4.99 Å². The van der Waals surface area contributed by atoms with Gasteiger partial charge in [0.2, 0.25) is 5.75 Å². The van der Waals surface area contributed by atoms with E-state index in [0.717, 1.165) is 5.56 Å². The molecule has 1 aromatic heterocycles. The molecule has 0 bridgehead atoms. The first kappa shape index (κ1) is 22.4. The van der Waals surface area contributed by atoms with Crippen LogP contribution in [-0.4, -0.2) is 52.0 Å². The molecule has 1 atom stereocenters. The number of nitrogens with one attached hydrogen (secondary N) is 2. The Balaban J connectivity index is 2.04. The molecular weight excluding hydrogens is 374 g/mol. The number of guanidine groups is 1. The lowest BCUT2D eigenvalue weighted by molar-refractivity contribution is 0.0437. The fourth-order valence-corrected chi connectivity index (χ4v) is 2.91. The quantitative estimate of drug-likeness (QED) is 0.412. The second kappa shape index (κ2) is 10.6. The molecule has 0 aliphatic heterocycles. The summed E-state index contributed by atoms with van der Waals surface area (Å²) in [6.45, 7) is 5.14. The summed E-state index contributed by atoms with van der Waals surface area (Å²) in [5.74, 6) is 2.93. The highest BCUT2D eigenvalue weighted by Crippen LogP contribution is 2.39. The topological polar surface area (TPSA) is 97.5 Å². The molecule has 0 fully saturated rings. The first-order chi connectivity index (χ1) is 14.0. The zero-order chi connectivity index (χ0) is 21.3. The van der Waals surface area contributed by atoms with Crippen molar-refractivity contribution in [2.45, 2.75) is 25.9 Å². The van der Waals surface area contributed by atoms with Crippen molar-refractivity contribution in [3.05, 3.63) is 41.9 Å². The molecule has 8 nitrogen and oxygen atoms in total. The van der Waals surface area contributed by atoms with E-state index >= 15 is 0 Å². The third kappa shape index (κ3) is 5.80. The molecule has 1 unspecified atom stereocenters. The van der Waals surface area contributed by atoms with E-state index in [1.165, 1.54) is 6.26 Å². The van der Waals surface area contributed by atoms with Gasteiger partial charge in [0.25, 0.3) is 0 Å². The van der Waals surface area contributed by atoms with Crippen LogP contribution in [-0.2, 0) is 12.0 Å². The molecule has 8 heteroatoms. The van der Waals surface area contributed by atoms with Crippen LogP contribution in [0.2, 0.25) is 0 Å². The molecule has 29 heavy (non-hydrogen) atoms. The lowest BCUT2D eigenvalue weighted by Crippen LogP contribution is -2.39. The Morgan fingerprint density at radius 3 is 2.45 bits per heavy atom. The zero-order valence-electron chi connectivity index (χ0n) is 17.7. The summed E-state index contributed by atoms with van der Waals surface area (Å²) in [6.07, 6.45) is 2.22. The number of aliphatic imine (C=N–C) groups is 1. The second-order valence-electron chi connectivity index (χ2n) is 6.62. The van der Waals surface area contributed by atoms with Crippen molar-refractivity contribution < 1.29 is 23.7 Å². The normalized spacial score (nSPS) is 13.5. The Hall–Kier alpha value is -2.87. The molecular formula is C21H31N3O5. The second-order valence-corrected chi connectivity index (χ2v) is 6.62. The van der Waals surface area contributed by atoms with Crippen molar-refractivity contribution in [2.75, 3.05) is 41.0 Å². The molecule has 1 aromatic carbocycles. The maximum Gasteiger partial charge on any atom is 0.203 e. The summed E-state index contributed by atoms with van der Waals surface area (Å²) >= 11 is 0. The summed E-state index contributed by atoms with van der Waals surface area (Å²) in [5.41, 5.74) is -0.200. The number of hydrogen-bond donors (Lipinski definition) is 3. The lowest BCUT2D eigenvalue weighted by atomic mass is 10.0. The van der Waals surface area contributed by atoms with Gasteiger partial charge in [0, 0.05) is 18.7 Å². The van der Waals surface area contributed by atoms with Crippen molar-refractivity contribution in [3.63, 3.8) is 0 Å². The van der Waals surface area contributed by atoms with E-state index in [-0.39, 0.29) is 6.54 Å². The molecule has 2 rings (SSSR count). The van der Waals surface area contributed by atoms with E-state index in [1.807, 2.05) is 19.1 Å². The minimum absolute atomic E-state index is 0.162. The van der Waals surface area contributed by atoms with E-state index in [1.54, 1.807) is 40.4 Å². The Kier molecular flexibility index (Phi) is 8.21. The zero-order valence-corrected chi connectivity index (χ0v) is 17.7. The van der Waals surface area contributed by atoms with Gasteiger partial charge in [-0.15, -0.1) is 0 Å². The number of hydrogen-bond acceptors (Lipinski definition) is 6. The molecule has 2 aromatic rings. The van der Waals surface area contributed by atoms with Crippen LogP contribution in [0.3, 0.4) is 0 Å². The predicted molar refractivity (Wildman–Crippen MR) is 112 cm³/mol. The van der Waals surface area contributed by atoms with Crippen LogP contribution in [0.1, 0.15) is 25.2 Å². The molecule has 0 spiro atoms. The fourth-order valence-electron chi connectivity index (χ4n) is 2.91. The van der Waals surface area contributed by atoms with Gasteiger partial charge < -0.3 is 34.4 Å². The molecule has 0 saturated heterocycles. The van der Waals surface area contributed by atoms with Crippen LogP contribution in [0.4, 0.5) is 0 Å². The SMILES string of the molecule is CCNC(=NCC(C)(O)c1ccco1)NCCc1ccc(OC)c(OC)c1OC. The van der Waals surface area contributed by atoms with Crippen LogP contribution in [0.25, 0.3) is 0 Å². The Morgan fingerprint density at radius 1 is 1.10 bits per heavy atom. The maximum atomic E-state index is 10.6. The lowest BCUT2D eigenvalue weighted by Gasteiger charge is -2.20. The number of rotatable bonds is 10. The maximum absolute atomic E-state index is 10.6. The van der Waals surface area contributed by atoms with Gasteiger partial charge >= 0.3 is 0 Å². The van der Waals surface area contributed by atoms with Crippen LogP contribution >= 0.6 is 0 Å². The molecule has 0 aliphatic rings. The van der Waals surface area contributed by atoms with Crippen LogP contribution in [0.15, 0.2) is 39.9 Å². The summed E-state index contributed by atoms with van der Waals surface area (Å²) < 4.78 is 21.6. The highest BCUT2D eigenvalue weighted by atomic mass is 16.5. The van der Waals surface area contributed by atoms with Gasteiger partial charge in [-0.05, 0) is 38.5 Å².